The smallest absolute Gasteiger partial charge is 0.161 e. The van der Waals surface area contributed by atoms with Crippen LogP contribution in [0.2, 0.25) is 0 Å². The monoisotopic (exact) mass is 650 g/mol. The molecule has 4 N–H and O–H groups in total. The van der Waals surface area contributed by atoms with Crippen LogP contribution in [0.3, 0.4) is 0 Å². The van der Waals surface area contributed by atoms with Crippen LogP contribution in [0.25, 0.3) is 10.8 Å². The van der Waals surface area contributed by atoms with Gasteiger partial charge < -0.3 is 29.9 Å². The number of hydrogen-bond donors (Lipinski definition) is 4. The predicted octanol–water partition coefficient (Wildman–Crippen LogP) is 7.93. The van der Waals surface area contributed by atoms with E-state index < -0.39 is 6.10 Å². The number of ketones is 1. The molecule has 0 aliphatic heterocycles. The summed E-state index contributed by atoms with van der Waals surface area (Å²) in [5, 5.41) is 42.6. The molecule has 7 nitrogen and oxygen atoms in total. The Morgan fingerprint density at radius 1 is 0.833 bits per heavy atom. The Morgan fingerprint density at radius 3 is 2.44 bits per heavy atom. The molecule has 7 heteroatoms. The number of phenolic OH excluding ortho intramolecular Hbond substituents is 1. The number of fused-ring (bicyclic) bond motifs is 1. The van der Waals surface area contributed by atoms with E-state index in [-0.39, 0.29) is 55.2 Å². The van der Waals surface area contributed by atoms with Crippen LogP contribution in [0.15, 0.2) is 103 Å². The summed E-state index contributed by atoms with van der Waals surface area (Å²) in [6.07, 6.45) is 10.2. The van der Waals surface area contributed by atoms with Crippen LogP contribution in [0, 0.1) is 11.8 Å². The molecule has 0 fully saturated rings. The number of phenols is 1. The Bertz CT molecular complexity index is 1730. The van der Waals surface area contributed by atoms with Crippen LogP contribution in [0.5, 0.6) is 17.2 Å². The molecule has 0 bridgehead atoms. The van der Waals surface area contributed by atoms with Gasteiger partial charge in [0.05, 0.1) is 19.8 Å². The summed E-state index contributed by atoms with van der Waals surface area (Å²) in [6, 6.07) is 24.9. The van der Waals surface area contributed by atoms with Gasteiger partial charge in [-0.05, 0) is 126 Å². The molecule has 1 aliphatic rings. The predicted molar refractivity (Wildman–Crippen MR) is 188 cm³/mol. The highest BCUT2D eigenvalue weighted by Gasteiger charge is 2.25. The second-order valence-electron chi connectivity index (χ2n) is 12.7. The Morgan fingerprint density at radius 2 is 1.65 bits per heavy atom. The average Bonchev–Trinajstić information content (AvgIpc) is 3.09. The van der Waals surface area contributed by atoms with E-state index in [1.54, 1.807) is 25.3 Å². The van der Waals surface area contributed by atoms with Crippen molar-refractivity contribution >= 4 is 16.6 Å². The third kappa shape index (κ3) is 9.72. The fourth-order valence-electron chi connectivity index (χ4n) is 6.52. The zero-order chi connectivity index (χ0) is 33.9. The number of rotatable bonds is 17. The van der Waals surface area contributed by atoms with E-state index in [1.165, 1.54) is 5.56 Å². The summed E-state index contributed by atoms with van der Waals surface area (Å²) in [5.41, 5.74) is 3.76. The van der Waals surface area contributed by atoms with Crippen LogP contribution in [0.1, 0.15) is 60.8 Å². The van der Waals surface area contributed by atoms with Crippen molar-refractivity contribution in [2.75, 3.05) is 7.11 Å². The van der Waals surface area contributed by atoms with Crippen LogP contribution in [-0.4, -0.2) is 39.4 Å². The van der Waals surface area contributed by atoms with E-state index in [4.69, 9.17) is 9.47 Å². The Hall–Kier alpha value is -4.59. The average molecular weight is 651 g/mol. The molecule has 3 unspecified atom stereocenters. The number of Topliss-reactive ketones (excluding diaryl/α,β-unsaturated/α-hetero) is 1. The van der Waals surface area contributed by atoms with Crippen molar-refractivity contribution in [3.8, 4) is 17.2 Å². The molecule has 0 spiro atoms. The standard InChI is InChI=1S/C41H46O7/c1-47-40-18-12-29(19-41(40)48-27-35-20-31-14-17-37(44)22-32(31)21-34(35)26-42)11-15-38(45)25-39(46)24-33-23-36(43)16-13-30(33)10-6-5-9-28-7-3-2-4-8-28/h2-4,7-8,12-14,16-23,30,33,39,42-44,46H,5-6,9-11,15,24-27H2,1H3. The minimum absolute atomic E-state index is 0.0167. The first kappa shape index (κ1) is 34.7. The molecule has 0 amide bonds. The summed E-state index contributed by atoms with van der Waals surface area (Å²) >= 11 is 0. The first-order valence-electron chi connectivity index (χ1n) is 16.8. The number of aryl methyl sites for hydroxylation is 2. The first-order valence-corrected chi connectivity index (χ1v) is 16.8. The Labute approximate surface area is 282 Å². The van der Waals surface area contributed by atoms with Gasteiger partial charge in [-0.25, -0.2) is 0 Å². The maximum absolute atomic E-state index is 12.9. The minimum atomic E-state index is -0.786. The lowest BCUT2D eigenvalue weighted by Gasteiger charge is -2.27. The normalized spacial score (nSPS) is 16.4. The lowest BCUT2D eigenvalue weighted by Crippen LogP contribution is -2.23. The van der Waals surface area contributed by atoms with Gasteiger partial charge in [0.2, 0.25) is 0 Å². The number of allylic oxidation sites excluding steroid dienone is 3. The van der Waals surface area contributed by atoms with E-state index in [0.29, 0.717) is 29.9 Å². The van der Waals surface area contributed by atoms with Gasteiger partial charge in [-0.1, -0.05) is 55.0 Å². The van der Waals surface area contributed by atoms with Crippen LogP contribution in [-0.2, 0) is 30.8 Å². The summed E-state index contributed by atoms with van der Waals surface area (Å²) in [5.74, 6) is 1.65. The molecule has 0 saturated heterocycles. The molecule has 48 heavy (non-hydrogen) atoms. The number of unbranched alkanes of at least 4 members (excludes halogenated alkanes) is 1. The third-order valence-corrected chi connectivity index (χ3v) is 9.17. The van der Waals surface area contributed by atoms with E-state index >= 15 is 0 Å². The number of carbonyl (C=O) groups excluding carboxylic acids is 1. The van der Waals surface area contributed by atoms with E-state index in [1.807, 2.05) is 54.6 Å². The maximum Gasteiger partial charge on any atom is 0.161 e. The molecule has 0 aromatic heterocycles. The highest BCUT2D eigenvalue weighted by molar-refractivity contribution is 5.85. The number of ether oxygens (including phenoxy) is 2. The highest BCUT2D eigenvalue weighted by atomic mass is 16.5. The van der Waals surface area contributed by atoms with Crippen molar-refractivity contribution in [3.05, 3.63) is 125 Å². The topological polar surface area (TPSA) is 116 Å². The molecular formula is C41H46O7. The largest absolute Gasteiger partial charge is 0.508 e. The number of aliphatic hydroxyl groups is 3. The van der Waals surface area contributed by atoms with Crippen molar-refractivity contribution in [2.45, 2.75) is 70.7 Å². The van der Waals surface area contributed by atoms with Gasteiger partial charge in [-0.2, -0.15) is 0 Å². The van der Waals surface area contributed by atoms with Gasteiger partial charge in [0.15, 0.2) is 11.5 Å². The molecule has 0 saturated carbocycles. The lowest BCUT2D eigenvalue weighted by atomic mass is 9.80. The Kier molecular flexibility index (Phi) is 12.3. The lowest BCUT2D eigenvalue weighted by molar-refractivity contribution is -0.121. The van der Waals surface area contributed by atoms with E-state index in [2.05, 4.69) is 24.3 Å². The van der Waals surface area contributed by atoms with Gasteiger partial charge in [-0.3, -0.25) is 4.79 Å². The first-order chi connectivity index (χ1) is 23.3. The third-order valence-electron chi connectivity index (χ3n) is 9.17. The molecule has 3 atom stereocenters. The number of methoxy groups -OCH3 is 1. The number of aromatic hydroxyl groups is 1. The summed E-state index contributed by atoms with van der Waals surface area (Å²) in [6.45, 7) is 0.0335. The molecule has 4 aromatic carbocycles. The quantitative estimate of drug-likeness (QED) is 0.0858. The van der Waals surface area contributed by atoms with Crippen molar-refractivity contribution in [2.24, 2.45) is 11.8 Å². The van der Waals surface area contributed by atoms with Crippen molar-refractivity contribution < 1.29 is 34.7 Å². The zero-order valence-corrected chi connectivity index (χ0v) is 27.6. The van der Waals surface area contributed by atoms with E-state index in [0.717, 1.165) is 47.6 Å². The van der Waals surface area contributed by atoms with Crippen LogP contribution in [0.4, 0.5) is 0 Å². The SMILES string of the molecule is COc1ccc(CCC(=O)CC(O)CC2C=C(O)C=CC2CCCCc2ccccc2)cc1OCc1cc2ccc(O)cc2cc1CO. The Balaban J connectivity index is 1.12. The van der Waals surface area contributed by atoms with Crippen molar-refractivity contribution in [1.82, 2.24) is 0 Å². The molecule has 5 rings (SSSR count). The number of carbonyl (C=O) groups is 1. The van der Waals surface area contributed by atoms with Gasteiger partial charge in [-0.15, -0.1) is 0 Å². The molecular weight excluding hydrogens is 604 g/mol. The second kappa shape index (κ2) is 17.0. The van der Waals surface area contributed by atoms with Gasteiger partial charge in [0, 0.05) is 12.8 Å². The summed E-state index contributed by atoms with van der Waals surface area (Å²) in [4.78, 5) is 12.9. The van der Waals surface area contributed by atoms with Crippen LogP contribution >= 0.6 is 0 Å². The fraction of sp³-hybridized carbons (Fsp3) is 0.341. The van der Waals surface area contributed by atoms with Gasteiger partial charge >= 0.3 is 0 Å². The summed E-state index contributed by atoms with van der Waals surface area (Å²) in [7, 11) is 1.57. The second-order valence-corrected chi connectivity index (χ2v) is 12.7. The van der Waals surface area contributed by atoms with Gasteiger partial charge in [0.1, 0.15) is 23.9 Å². The van der Waals surface area contributed by atoms with Gasteiger partial charge in [0.25, 0.3) is 0 Å². The maximum atomic E-state index is 12.9. The molecule has 1 aliphatic carbocycles. The van der Waals surface area contributed by atoms with Crippen molar-refractivity contribution in [1.29, 1.82) is 0 Å². The molecule has 252 valence electrons. The van der Waals surface area contributed by atoms with E-state index in [9.17, 15) is 25.2 Å². The van der Waals surface area contributed by atoms with Crippen molar-refractivity contribution in [3.63, 3.8) is 0 Å². The number of benzene rings is 4. The number of aliphatic hydroxyl groups excluding tert-OH is 3. The summed E-state index contributed by atoms with van der Waals surface area (Å²) < 4.78 is 11.7. The molecule has 4 aromatic rings. The highest BCUT2D eigenvalue weighted by Crippen LogP contribution is 2.33. The zero-order valence-electron chi connectivity index (χ0n) is 27.6. The van der Waals surface area contributed by atoms with Crippen LogP contribution < -0.4 is 9.47 Å². The fourth-order valence-corrected chi connectivity index (χ4v) is 6.52. The number of hydrogen-bond acceptors (Lipinski definition) is 7. The molecule has 0 heterocycles. The molecule has 0 radical (unpaired) electrons. The minimum Gasteiger partial charge on any atom is -0.508 e.